The summed E-state index contributed by atoms with van der Waals surface area (Å²) < 4.78 is 25.4. The van der Waals surface area contributed by atoms with Crippen LogP contribution >= 0.6 is 0 Å². The molecule has 0 bridgehead atoms. The summed E-state index contributed by atoms with van der Waals surface area (Å²) in [5.74, 6) is -0.163. The maximum atomic E-state index is 14.3. The number of carbonyl (C=O) groups excluding carboxylic acids is 1. The SMILES string of the molecule is CC(C)c1cc(C(=O)OC(C)(C)C)c(F)cc1OCC1CNC1. The van der Waals surface area contributed by atoms with Crippen molar-refractivity contribution >= 4 is 5.97 Å². The molecule has 0 aromatic heterocycles. The molecule has 1 saturated heterocycles. The van der Waals surface area contributed by atoms with E-state index < -0.39 is 17.4 Å². The van der Waals surface area contributed by atoms with Crippen LogP contribution in [0, 0.1) is 11.7 Å². The molecule has 0 saturated carbocycles. The fourth-order valence-electron chi connectivity index (χ4n) is 2.31. The summed E-state index contributed by atoms with van der Waals surface area (Å²) in [7, 11) is 0. The first kappa shape index (κ1) is 17.7. The largest absolute Gasteiger partial charge is 0.493 e. The molecule has 23 heavy (non-hydrogen) atoms. The van der Waals surface area contributed by atoms with Crippen LogP contribution in [0.15, 0.2) is 12.1 Å². The first-order chi connectivity index (χ1) is 10.7. The Kier molecular flexibility index (Phi) is 5.30. The summed E-state index contributed by atoms with van der Waals surface area (Å²) >= 11 is 0. The Morgan fingerprint density at radius 1 is 1.35 bits per heavy atom. The van der Waals surface area contributed by atoms with Crippen LogP contribution in [-0.4, -0.2) is 31.3 Å². The summed E-state index contributed by atoms with van der Waals surface area (Å²) in [5.41, 5.74) is 0.120. The summed E-state index contributed by atoms with van der Waals surface area (Å²) in [4.78, 5) is 12.2. The van der Waals surface area contributed by atoms with E-state index in [1.54, 1.807) is 26.8 Å². The Hall–Kier alpha value is -1.62. The van der Waals surface area contributed by atoms with Crippen LogP contribution in [0.5, 0.6) is 5.75 Å². The number of ether oxygens (including phenoxy) is 2. The van der Waals surface area contributed by atoms with Crippen LogP contribution in [-0.2, 0) is 4.74 Å². The Morgan fingerprint density at radius 3 is 2.48 bits per heavy atom. The van der Waals surface area contributed by atoms with E-state index in [2.05, 4.69) is 5.32 Å². The van der Waals surface area contributed by atoms with Crippen LogP contribution in [0.2, 0.25) is 0 Å². The summed E-state index contributed by atoms with van der Waals surface area (Å²) in [5, 5.41) is 3.18. The van der Waals surface area contributed by atoms with Gasteiger partial charge in [0.25, 0.3) is 0 Å². The second-order valence-corrected chi connectivity index (χ2v) is 7.36. The third kappa shape index (κ3) is 4.67. The minimum Gasteiger partial charge on any atom is -0.493 e. The quantitative estimate of drug-likeness (QED) is 0.843. The maximum absolute atomic E-state index is 14.3. The smallest absolute Gasteiger partial charge is 0.341 e. The molecule has 0 unspecified atom stereocenters. The van der Waals surface area contributed by atoms with E-state index in [0.717, 1.165) is 18.7 Å². The molecular weight excluding hydrogens is 297 g/mol. The number of nitrogens with one attached hydrogen (secondary N) is 1. The van der Waals surface area contributed by atoms with Crippen molar-refractivity contribution in [3.8, 4) is 5.75 Å². The number of esters is 1. The Morgan fingerprint density at radius 2 is 2.00 bits per heavy atom. The molecule has 5 heteroatoms. The van der Waals surface area contributed by atoms with Crippen molar-refractivity contribution < 1.29 is 18.7 Å². The molecule has 2 rings (SSSR count). The lowest BCUT2D eigenvalue weighted by Gasteiger charge is -2.27. The van der Waals surface area contributed by atoms with Crippen LogP contribution in [0.25, 0.3) is 0 Å². The molecule has 0 amide bonds. The third-order valence-electron chi connectivity index (χ3n) is 3.68. The molecule has 1 aromatic rings. The number of carbonyl (C=O) groups is 1. The molecule has 0 aliphatic carbocycles. The average molecular weight is 323 g/mol. The molecule has 1 fully saturated rings. The van der Waals surface area contributed by atoms with Gasteiger partial charge in [-0.25, -0.2) is 9.18 Å². The van der Waals surface area contributed by atoms with E-state index in [9.17, 15) is 9.18 Å². The van der Waals surface area contributed by atoms with Crippen molar-refractivity contribution in [1.82, 2.24) is 5.32 Å². The first-order valence-electron chi connectivity index (χ1n) is 8.07. The topological polar surface area (TPSA) is 47.6 Å². The van der Waals surface area contributed by atoms with Gasteiger partial charge in [0, 0.05) is 25.1 Å². The summed E-state index contributed by atoms with van der Waals surface area (Å²) in [6, 6.07) is 2.86. The van der Waals surface area contributed by atoms with Crippen LogP contribution in [0.4, 0.5) is 4.39 Å². The first-order valence-corrected chi connectivity index (χ1v) is 8.07. The van der Waals surface area contributed by atoms with Crippen molar-refractivity contribution in [2.75, 3.05) is 19.7 Å². The number of halogens is 1. The fraction of sp³-hybridized carbons (Fsp3) is 0.611. The third-order valence-corrected chi connectivity index (χ3v) is 3.68. The molecule has 0 spiro atoms. The molecule has 1 N–H and O–H groups in total. The zero-order chi connectivity index (χ0) is 17.2. The highest BCUT2D eigenvalue weighted by atomic mass is 19.1. The number of hydrogen-bond donors (Lipinski definition) is 1. The van der Waals surface area contributed by atoms with Gasteiger partial charge >= 0.3 is 5.97 Å². The zero-order valence-corrected chi connectivity index (χ0v) is 14.5. The molecule has 1 aromatic carbocycles. The van der Waals surface area contributed by atoms with Crippen molar-refractivity contribution in [2.24, 2.45) is 5.92 Å². The van der Waals surface area contributed by atoms with E-state index in [-0.39, 0.29) is 11.5 Å². The van der Waals surface area contributed by atoms with Gasteiger partial charge in [-0.05, 0) is 38.3 Å². The highest BCUT2D eigenvalue weighted by Crippen LogP contribution is 2.31. The predicted molar refractivity (Wildman–Crippen MR) is 87.5 cm³/mol. The van der Waals surface area contributed by atoms with Gasteiger partial charge in [0.05, 0.1) is 12.2 Å². The van der Waals surface area contributed by atoms with E-state index >= 15 is 0 Å². The minimum absolute atomic E-state index is 0.0405. The van der Waals surface area contributed by atoms with E-state index in [4.69, 9.17) is 9.47 Å². The molecule has 1 aliphatic heterocycles. The minimum atomic E-state index is -0.659. The number of hydrogen-bond acceptors (Lipinski definition) is 4. The van der Waals surface area contributed by atoms with E-state index in [1.165, 1.54) is 6.07 Å². The second kappa shape index (κ2) is 6.87. The molecule has 1 heterocycles. The lowest BCUT2D eigenvalue weighted by Crippen LogP contribution is -2.45. The monoisotopic (exact) mass is 323 g/mol. The van der Waals surface area contributed by atoms with Gasteiger partial charge < -0.3 is 14.8 Å². The Balaban J connectivity index is 2.23. The molecule has 0 atom stereocenters. The van der Waals surface area contributed by atoms with Crippen LogP contribution in [0.1, 0.15) is 56.5 Å². The van der Waals surface area contributed by atoms with Gasteiger partial charge in [0.2, 0.25) is 0 Å². The molecule has 1 aliphatic rings. The summed E-state index contributed by atoms with van der Waals surface area (Å²) in [6.07, 6.45) is 0. The van der Waals surface area contributed by atoms with Crippen molar-refractivity contribution in [3.63, 3.8) is 0 Å². The second-order valence-electron chi connectivity index (χ2n) is 7.36. The number of benzene rings is 1. The standard InChI is InChI=1S/C18H26FNO3/c1-11(2)13-6-14(17(21)23-18(3,4)5)15(19)7-16(13)22-10-12-8-20-9-12/h6-7,11-12,20H,8-10H2,1-5H3. The van der Waals surface area contributed by atoms with Crippen molar-refractivity contribution in [3.05, 3.63) is 29.1 Å². The van der Waals surface area contributed by atoms with Gasteiger partial charge in [0.1, 0.15) is 17.2 Å². The Bertz CT molecular complexity index is 574. The van der Waals surface area contributed by atoms with Crippen LogP contribution < -0.4 is 10.1 Å². The van der Waals surface area contributed by atoms with Gasteiger partial charge in [-0.2, -0.15) is 0 Å². The molecule has 0 radical (unpaired) electrons. The Labute approximate surface area is 137 Å². The molecule has 4 nitrogen and oxygen atoms in total. The van der Waals surface area contributed by atoms with Gasteiger partial charge in [-0.15, -0.1) is 0 Å². The highest BCUT2D eigenvalue weighted by molar-refractivity contribution is 5.90. The van der Waals surface area contributed by atoms with Crippen molar-refractivity contribution in [2.45, 2.75) is 46.1 Å². The molecular formula is C18H26FNO3. The van der Waals surface area contributed by atoms with Gasteiger partial charge in [-0.1, -0.05) is 13.8 Å². The predicted octanol–water partition coefficient (Wildman–Crippen LogP) is 3.50. The van der Waals surface area contributed by atoms with Crippen LogP contribution in [0.3, 0.4) is 0 Å². The maximum Gasteiger partial charge on any atom is 0.341 e. The number of rotatable bonds is 5. The van der Waals surface area contributed by atoms with E-state index in [0.29, 0.717) is 18.3 Å². The van der Waals surface area contributed by atoms with Gasteiger partial charge in [-0.3, -0.25) is 0 Å². The normalized spacial score (nSPS) is 15.4. The average Bonchev–Trinajstić information content (AvgIpc) is 2.34. The van der Waals surface area contributed by atoms with Crippen molar-refractivity contribution in [1.29, 1.82) is 0 Å². The lowest BCUT2D eigenvalue weighted by molar-refractivity contribution is 0.00645. The zero-order valence-electron chi connectivity index (χ0n) is 14.5. The summed E-state index contributed by atoms with van der Waals surface area (Å²) in [6.45, 7) is 11.7. The highest BCUT2D eigenvalue weighted by Gasteiger charge is 2.24. The van der Waals surface area contributed by atoms with E-state index in [1.807, 2.05) is 13.8 Å². The fourth-order valence-corrected chi connectivity index (χ4v) is 2.31. The molecule has 128 valence electrons. The lowest BCUT2D eigenvalue weighted by atomic mass is 9.98. The van der Waals surface area contributed by atoms with Gasteiger partial charge in [0.15, 0.2) is 0 Å².